The molecule has 1 N–H and O–H groups in total. The highest BCUT2D eigenvalue weighted by Crippen LogP contribution is 2.02. The van der Waals surface area contributed by atoms with Crippen LogP contribution in [0.2, 0.25) is 0 Å². The maximum Gasteiger partial charge on any atom is 0.306 e. The van der Waals surface area contributed by atoms with Crippen LogP contribution in [0.5, 0.6) is 0 Å². The van der Waals surface area contributed by atoms with E-state index in [1.54, 1.807) is 0 Å². The third-order valence-corrected chi connectivity index (χ3v) is 3.11. The highest BCUT2D eigenvalue weighted by Gasteiger charge is 2.17. The number of carbonyl (C=O) groups is 1. The molecule has 1 aliphatic heterocycles. The van der Waals surface area contributed by atoms with E-state index in [4.69, 9.17) is 9.84 Å². The molecule has 0 amide bonds. The van der Waals surface area contributed by atoms with Crippen LogP contribution < -0.4 is 0 Å². The first kappa shape index (κ1) is 15.4. The van der Waals surface area contributed by atoms with E-state index in [0.717, 1.165) is 39.3 Å². The number of nitrogens with zero attached hydrogens (tertiary/aromatic N) is 2. The van der Waals surface area contributed by atoms with Crippen LogP contribution in [0.4, 0.5) is 0 Å². The monoisotopic (exact) mass is 260 g/mol. The molecule has 0 aromatic rings. The second-order valence-corrected chi connectivity index (χ2v) is 4.35. The average molecular weight is 260 g/mol. The lowest BCUT2D eigenvalue weighted by molar-refractivity contribution is -0.141. The third-order valence-electron chi connectivity index (χ3n) is 3.11. The van der Waals surface area contributed by atoms with E-state index in [1.165, 1.54) is 7.11 Å². The quantitative estimate of drug-likeness (QED) is 0.454. The first-order chi connectivity index (χ1) is 8.76. The topological polar surface area (TPSA) is 62.2 Å². The Hall–Kier alpha value is -0.690. The third kappa shape index (κ3) is 6.30. The summed E-state index contributed by atoms with van der Waals surface area (Å²) in [6, 6.07) is 0. The zero-order valence-electron chi connectivity index (χ0n) is 11.1. The molecule has 0 bridgehead atoms. The minimum Gasteiger partial charge on any atom is -0.469 e. The van der Waals surface area contributed by atoms with Gasteiger partial charge in [-0.15, -0.1) is 0 Å². The van der Waals surface area contributed by atoms with E-state index < -0.39 is 0 Å². The summed E-state index contributed by atoms with van der Waals surface area (Å²) in [6.45, 7) is 6.83. The summed E-state index contributed by atoms with van der Waals surface area (Å²) in [7, 11) is 1.42. The number of esters is 1. The predicted molar refractivity (Wildman–Crippen MR) is 67.4 cm³/mol. The van der Waals surface area contributed by atoms with E-state index in [-0.39, 0.29) is 12.6 Å². The van der Waals surface area contributed by atoms with Crippen molar-refractivity contribution in [2.45, 2.75) is 6.42 Å². The molecule has 106 valence electrons. The second-order valence-electron chi connectivity index (χ2n) is 4.35. The van der Waals surface area contributed by atoms with Gasteiger partial charge in [0.2, 0.25) is 0 Å². The summed E-state index contributed by atoms with van der Waals surface area (Å²) >= 11 is 0. The molecule has 1 fully saturated rings. The highest BCUT2D eigenvalue weighted by atomic mass is 16.5. The van der Waals surface area contributed by atoms with Crippen LogP contribution >= 0.6 is 0 Å². The van der Waals surface area contributed by atoms with Gasteiger partial charge in [-0.2, -0.15) is 0 Å². The van der Waals surface area contributed by atoms with Crippen molar-refractivity contribution in [1.82, 2.24) is 9.80 Å². The Kier molecular flexibility index (Phi) is 7.91. The number of rotatable bonds is 8. The molecule has 1 heterocycles. The van der Waals surface area contributed by atoms with Crippen molar-refractivity contribution in [3.8, 4) is 0 Å². The van der Waals surface area contributed by atoms with Crippen LogP contribution in [-0.4, -0.2) is 87.1 Å². The molecule has 0 radical (unpaired) electrons. The number of carbonyl (C=O) groups excluding carboxylic acids is 1. The first-order valence-corrected chi connectivity index (χ1v) is 6.46. The van der Waals surface area contributed by atoms with Crippen LogP contribution in [0.1, 0.15) is 6.42 Å². The zero-order chi connectivity index (χ0) is 13.2. The molecule has 0 aliphatic carbocycles. The Morgan fingerprint density at radius 3 is 2.28 bits per heavy atom. The van der Waals surface area contributed by atoms with Gasteiger partial charge in [-0.05, 0) is 0 Å². The molecule has 0 spiro atoms. The lowest BCUT2D eigenvalue weighted by Crippen LogP contribution is -2.47. The number of aliphatic hydroxyl groups is 1. The van der Waals surface area contributed by atoms with Crippen LogP contribution in [0.25, 0.3) is 0 Å². The Labute approximate surface area is 108 Å². The smallest absolute Gasteiger partial charge is 0.306 e. The van der Waals surface area contributed by atoms with Crippen LogP contribution in [0, 0.1) is 0 Å². The normalized spacial score (nSPS) is 17.9. The SMILES string of the molecule is COC(=O)CCN1CCN(CCOCCO)CC1. The van der Waals surface area contributed by atoms with E-state index in [1.807, 2.05) is 0 Å². The van der Waals surface area contributed by atoms with Gasteiger partial charge >= 0.3 is 5.97 Å². The second kappa shape index (κ2) is 9.27. The van der Waals surface area contributed by atoms with Gasteiger partial charge in [0.15, 0.2) is 0 Å². The summed E-state index contributed by atoms with van der Waals surface area (Å²) in [5.74, 6) is -0.144. The van der Waals surface area contributed by atoms with Gasteiger partial charge in [0.1, 0.15) is 0 Å². The van der Waals surface area contributed by atoms with Crippen molar-refractivity contribution < 1.29 is 19.4 Å². The fourth-order valence-corrected chi connectivity index (χ4v) is 1.95. The summed E-state index contributed by atoms with van der Waals surface area (Å²) in [4.78, 5) is 15.6. The van der Waals surface area contributed by atoms with E-state index in [9.17, 15) is 4.79 Å². The van der Waals surface area contributed by atoms with E-state index in [0.29, 0.717) is 19.6 Å². The minimum atomic E-state index is -0.144. The van der Waals surface area contributed by atoms with Crippen molar-refractivity contribution >= 4 is 5.97 Å². The molecule has 6 nitrogen and oxygen atoms in total. The highest BCUT2D eigenvalue weighted by molar-refractivity contribution is 5.69. The van der Waals surface area contributed by atoms with Gasteiger partial charge < -0.3 is 19.5 Å². The number of hydrogen-bond donors (Lipinski definition) is 1. The zero-order valence-corrected chi connectivity index (χ0v) is 11.1. The van der Waals surface area contributed by atoms with E-state index >= 15 is 0 Å². The molecule has 0 aromatic heterocycles. The molecule has 0 aromatic carbocycles. The molecule has 1 aliphatic rings. The van der Waals surface area contributed by atoms with Gasteiger partial charge in [0.05, 0.1) is 33.4 Å². The van der Waals surface area contributed by atoms with Crippen LogP contribution in [-0.2, 0) is 14.3 Å². The first-order valence-electron chi connectivity index (χ1n) is 6.46. The molecular formula is C12H24N2O4. The maximum atomic E-state index is 11.0. The fraction of sp³-hybridized carbons (Fsp3) is 0.917. The average Bonchev–Trinajstić information content (AvgIpc) is 2.42. The Morgan fingerprint density at radius 2 is 1.72 bits per heavy atom. The number of ether oxygens (including phenoxy) is 2. The Bertz CT molecular complexity index is 230. The molecule has 0 saturated carbocycles. The van der Waals surface area contributed by atoms with Gasteiger partial charge in [0.25, 0.3) is 0 Å². The lowest BCUT2D eigenvalue weighted by atomic mass is 10.3. The van der Waals surface area contributed by atoms with Gasteiger partial charge in [0, 0.05) is 39.3 Å². The molecule has 0 atom stereocenters. The van der Waals surface area contributed by atoms with Gasteiger partial charge in [-0.1, -0.05) is 0 Å². The molecule has 18 heavy (non-hydrogen) atoms. The number of aliphatic hydroxyl groups excluding tert-OH is 1. The van der Waals surface area contributed by atoms with Crippen molar-refractivity contribution in [1.29, 1.82) is 0 Å². The number of methoxy groups -OCH3 is 1. The van der Waals surface area contributed by atoms with Crippen molar-refractivity contribution in [3.05, 3.63) is 0 Å². The van der Waals surface area contributed by atoms with Crippen LogP contribution in [0.15, 0.2) is 0 Å². The largest absolute Gasteiger partial charge is 0.469 e. The van der Waals surface area contributed by atoms with Crippen molar-refractivity contribution in [3.63, 3.8) is 0 Å². The predicted octanol–water partition coefficient (Wildman–Crippen LogP) is -0.824. The standard InChI is InChI=1S/C12H24N2O4/c1-17-12(16)2-3-13-4-6-14(7-5-13)8-10-18-11-9-15/h15H,2-11H2,1H3. The Balaban J connectivity index is 2.03. The summed E-state index contributed by atoms with van der Waals surface area (Å²) in [6.07, 6.45) is 0.468. The van der Waals surface area contributed by atoms with Crippen LogP contribution in [0.3, 0.4) is 0 Å². The van der Waals surface area contributed by atoms with E-state index in [2.05, 4.69) is 14.5 Å². The molecule has 1 rings (SSSR count). The molecule has 1 saturated heterocycles. The molecular weight excluding hydrogens is 236 g/mol. The summed E-state index contributed by atoms with van der Waals surface area (Å²) < 4.78 is 9.86. The maximum absolute atomic E-state index is 11.0. The van der Waals surface area contributed by atoms with Crippen molar-refractivity contribution in [2.24, 2.45) is 0 Å². The number of hydrogen-bond acceptors (Lipinski definition) is 6. The van der Waals surface area contributed by atoms with Gasteiger partial charge in [-0.3, -0.25) is 9.69 Å². The van der Waals surface area contributed by atoms with Gasteiger partial charge in [-0.25, -0.2) is 0 Å². The lowest BCUT2D eigenvalue weighted by Gasteiger charge is -2.34. The fourth-order valence-electron chi connectivity index (χ4n) is 1.95. The number of piperazine rings is 1. The molecule has 6 heteroatoms. The van der Waals surface area contributed by atoms with Crippen molar-refractivity contribution in [2.75, 3.05) is 66.2 Å². The summed E-state index contributed by atoms with van der Waals surface area (Å²) in [5, 5.41) is 8.58. The Morgan fingerprint density at radius 1 is 1.11 bits per heavy atom. The molecule has 0 unspecified atom stereocenters. The summed E-state index contributed by atoms with van der Waals surface area (Å²) in [5.41, 5.74) is 0. The minimum absolute atomic E-state index is 0.0846.